The van der Waals surface area contributed by atoms with E-state index in [9.17, 15) is 4.79 Å². The van der Waals surface area contributed by atoms with E-state index in [0.717, 1.165) is 60.3 Å². The molecule has 1 amide bonds. The van der Waals surface area contributed by atoms with Gasteiger partial charge in [0.1, 0.15) is 5.60 Å². The summed E-state index contributed by atoms with van der Waals surface area (Å²) in [6.45, 7) is 3.25. The largest absolute Gasteiger partial charge is 0.369 e. The average Bonchev–Trinajstić information content (AvgIpc) is 3.20. The monoisotopic (exact) mass is 407 g/mol. The Labute approximate surface area is 174 Å². The van der Waals surface area contributed by atoms with E-state index in [0.29, 0.717) is 6.54 Å². The van der Waals surface area contributed by atoms with Crippen LogP contribution in [0.5, 0.6) is 0 Å². The van der Waals surface area contributed by atoms with E-state index >= 15 is 0 Å². The van der Waals surface area contributed by atoms with Crippen LogP contribution in [0.25, 0.3) is 10.9 Å². The summed E-state index contributed by atoms with van der Waals surface area (Å²) in [7, 11) is 1.88. The van der Waals surface area contributed by atoms with Crippen LogP contribution in [-0.2, 0) is 23.3 Å². The van der Waals surface area contributed by atoms with Crippen molar-refractivity contribution in [1.29, 1.82) is 0 Å². The number of benzene rings is 1. The van der Waals surface area contributed by atoms with E-state index in [1.807, 2.05) is 42.4 Å². The van der Waals surface area contributed by atoms with Crippen LogP contribution in [0.4, 0.5) is 0 Å². The Balaban J connectivity index is 1.41. The second-order valence-electron chi connectivity index (χ2n) is 7.96. The van der Waals surface area contributed by atoms with E-state index < -0.39 is 0 Å². The molecule has 150 valence electrons. The lowest BCUT2D eigenvalue weighted by Crippen LogP contribution is -2.43. The van der Waals surface area contributed by atoms with Gasteiger partial charge in [-0.1, -0.05) is 18.2 Å². The molecule has 3 aromatic rings. The second kappa shape index (κ2) is 7.52. The number of aromatic nitrogens is 1. The second-order valence-corrected chi connectivity index (χ2v) is 9.01. The number of thiophene rings is 1. The summed E-state index contributed by atoms with van der Waals surface area (Å²) < 4.78 is 6.27. The Bertz CT molecular complexity index is 1050. The zero-order valence-electron chi connectivity index (χ0n) is 16.6. The number of nitrogens with one attached hydrogen (secondary N) is 1. The number of rotatable bonds is 3. The molecule has 2 aliphatic rings. The fraction of sp³-hybridized carbons (Fsp3) is 0.391. The number of nitrogens with zero attached hydrogens (tertiary/aromatic N) is 2. The van der Waals surface area contributed by atoms with Crippen molar-refractivity contribution in [2.45, 2.75) is 31.4 Å². The summed E-state index contributed by atoms with van der Waals surface area (Å²) in [5.74, 6) is 0.0781. The first-order valence-corrected chi connectivity index (χ1v) is 11.0. The molecule has 29 heavy (non-hydrogen) atoms. The predicted octanol–water partition coefficient (Wildman–Crippen LogP) is 3.72. The highest BCUT2D eigenvalue weighted by molar-refractivity contribution is 7.14. The van der Waals surface area contributed by atoms with Crippen molar-refractivity contribution in [3.8, 4) is 0 Å². The van der Waals surface area contributed by atoms with Gasteiger partial charge in [0.15, 0.2) is 0 Å². The van der Waals surface area contributed by atoms with Crippen LogP contribution in [0.2, 0.25) is 0 Å². The Kier molecular flexibility index (Phi) is 4.86. The number of carbonyl (C=O) groups is 1. The van der Waals surface area contributed by atoms with Gasteiger partial charge in [-0.05, 0) is 61.7 Å². The summed E-state index contributed by atoms with van der Waals surface area (Å²) in [6.07, 6.45) is 4.67. The van der Waals surface area contributed by atoms with Crippen molar-refractivity contribution in [2.24, 2.45) is 0 Å². The lowest BCUT2D eigenvalue weighted by atomic mass is 9.86. The van der Waals surface area contributed by atoms with Gasteiger partial charge in [0.2, 0.25) is 0 Å². The number of ether oxygens (including phenoxy) is 1. The highest BCUT2D eigenvalue weighted by Crippen LogP contribution is 2.44. The molecule has 2 aromatic heterocycles. The third kappa shape index (κ3) is 3.35. The number of amides is 1. The third-order valence-corrected chi connectivity index (χ3v) is 7.44. The molecule has 0 saturated carbocycles. The Morgan fingerprint density at radius 1 is 1.28 bits per heavy atom. The molecule has 5 rings (SSSR count). The van der Waals surface area contributed by atoms with Gasteiger partial charge >= 0.3 is 0 Å². The van der Waals surface area contributed by atoms with Crippen LogP contribution >= 0.6 is 11.3 Å². The average molecular weight is 408 g/mol. The smallest absolute Gasteiger partial charge is 0.263 e. The number of para-hydroxylation sites is 1. The Hall–Kier alpha value is -2.28. The van der Waals surface area contributed by atoms with E-state index in [4.69, 9.17) is 4.74 Å². The molecule has 1 N–H and O–H groups in total. The van der Waals surface area contributed by atoms with Crippen molar-refractivity contribution in [3.63, 3.8) is 0 Å². The van der Waals surface area contributed by atoms with Crippen molar-refractivity contribution in [1.82, 2.24) is 15.2 Å². The molecular formula is C23H25N3O2S. The highest BCUT2D eigenvalue weighted by atomic mass is 32.1. The van der Waals surface area contributed by atoms with Gasteiger partial charge in [0.05, 0.1) is 17.0 Å². The lowest BCUT2D eigenvalue weighted by molar-refractivity contribution is -0.0771. The Morgan fingerprint density at radius 3 is 2.97 bits per heavy atom. The number of hydrogen-bond acceptors (Lipinski definition) is 5. The first-order chi connectivity index (χ1) is 14.2. The highest BCUT2D eigenvalue weighted by Gasteiger charge is 2.41. The maximum atomic E-state index is 13.2. The van der Waals surface area contributed by atoms with Gasteiger partial charge in [-0.15, -0.1) is 11.3 Å². The van der Waals surface area contributed by atoms with Crippen LogP contribution in [-0.4, -0.2) is 42.5 Å². The molecule has 0 unspecified atom stereocenters. The molecule has 1 aromatic carbocycles. The lowest BCUT2D eigenvalue weighted by Gasteiger charge is -2.40. The quantitative estimate of drug-likeness (QED) is 0.719. The SMILES string of the molecule is CN(Cc1ccnc2ccccc12)C(=O)c1cc2c(s1)C1(CCNCC1)OCC2. The number of piperidine rings is 1. The van der Waals surface area contributed by atoms with Crippen LogP contribution in [0.1, 0.15) is 38.5 Å². The molecule has 0 atom stereocenters. The molecule has 0 radical (unpaired) electrons. The summed E-state index contributed by atoms with van der Waals surface area (Å²) in [5, 5.41) is 4.52. The molecule has 0 bridgehead atoms. The minimum atomic E-state index is -0.193. The van der Waals surface area contributed by atoms with E-state index in [2.05, 4.69) is 22.4 Å². The number of carbonyl (C=O) groups excluding carboxylic acids is 1. The Morgan fingerprint density at radius 2 is 2.10 bits per heavy atom. The molecule has 1 saturated heterocycles. The van der Waals surface area contributed by atoms with E-state index in [-0.39, 0.29) is 11.5 Å². The van der Waals surface area contributed by atoms with Crippen molar-refractivity contribution in [2.75, 3.05) is 26.7 Å². The number of fused-ring (bicyclic) bond motifs is 3. The topological polar surface area (TPSA) is 54.5 Å². The van der Waals surface area contributed by atoms with Crippen molar-refractivity contribution in [3.05, 3.63) is 63.5 Å². The first kappa shape index (κ1) is 18.7. The fourth-order valence-corrected chi connectivity index (χ4v) is 5.94. The number of hydrogen-bond donors (Lipinski definition) is 1. The van der Waals surface area contributed by atoms with Crippen LogP contribution in [0.3, 0.4) is 0 Å². The molecule has 2 aliphatic heterocycles. The molecule has 6 heteroatoms. The zero-order valence-corrected chi connectivity index (χ0v) is 17.4. The molecule has 1 spiro atoms. The molecule has 5 nitrogen and oxygen atoms in total. The number of pyridine rings is 1. The van der Waals surface area contributed by atoms with Gasteiger partial charge in [0, 0.05) is 30.1 Å². The van der Waals surface area contributed by atoms with Gasteiger partial charge in [0.25, 0.3) is 5.91 Å². The molecule has 0 aliphatic carbocycles. The maximum absolute atomic E-state index is 13.2. The summed E-state index contributed by atoms with van der Waals surface area (Å²) in [4.78, 5) is 21.6. The van der Waals surface area contributed by atoms with Gasteiger partial charge < -0.3 is 15.0 Å². The molecule has 1 fully saturated rings. The summed E-state index contributed by atoms with van der Waals surface area (Å²) in [5.41, 5.74) is 3.18. The minimum absolute atomic E-state index is 0.0781. The van der Waals surface area contributed by atoms with Crippen LogP contribution in [0.15, 0.2) is 42.6 Å². The molecule has 4 heterocycles. The maximum Gasteiger partial charge on any atom is 0.263 e. The normalized spacial score (nSPS) is 18.0. The predicted molar refractivity (Wildman–Crippen MR) is 115 cm³/mol. The first-order valence-electron chi connectivity index (χ1n) is 10.2. The zero-order chi connectivity index (χ0) is 19.8. The summed E-state index contributed by atoms with van der Waals surface area (Å²) in [6, 6.07) is 12.2. The standard InChI is InChI=1S/C23H25N3O2S/c1-26(15-17-6-10-25-19-5-3-2-4-18(17)19)22(27)20-14-16-7-13-28-23(21(16)29-20)8-11-24-12-9-23/h2-6,10,14,24H,7-9,11-13,15H2,1H3. The van der Waals surface area contributed by atoms with Gasteiger partial charge in [-0.2, -0.15) is 0 Å². The van der Waals surface area contributed by atoms with E-state index in [1.165, 1.54) is 10.4 Å². The van der Waals surface area contributed by atoms with Crippen LogP contribution in [0, 0.1) is 0 Å². The minimum Gasteiger partial charge on any atom is -0.369 e. The molecular weight excluding hydrogens is 382 g/mol. The third-order valence-electron chi connectivity index (χ3n) is 6.09. The fourth-order valence-electron chi connectivity index (χ4n) is 4.54. The van der Waals surface area contributed by atoms with Crippen LogP contribution < -0.4 is 5.32 Å². The summed E-state index contributed by atoms with van der Waals surface area (Å²) >= 11 is 1.63. The van der Waals surface area contributed by atoms with Crippen molar-refractivity contribution >= 4 is 28.1 Å². The van der Waals surface area contributed by atoms with Gasteiger partial charge in [-0.25, -0.2) is 0 Å². The van der Waals surface area contributed by atoms with Crippen molar-refractivity contribution < 1.29 is 9.53 Å². The van der Waals surface area contributed by atoms with Gasteiger partial charge in [-0.3, -0.25) is 9.78 Å². The van der Waals surface area contributed by atoms with E-state index in [1.54, 1.807) is 11.3 Å².